The van der Waals surface area contributed by atoms with Gasteiger partial charge < -0.3 is 5.11 Å². The van der Waals surface area contributed by atoms with E-state index in [1.54, 1.807) is 0 Å². The number of rotatable bonds is 4. The van der Waals surface area contributed by atoms with Gasteiger partial charge in [0.25, 0.3) is 0 Å². The molecule has 1 aromatic carbocycles. The van der Waals surface area contributed by atoms with E-state index in [4.69, 9.17) is 0 Å². The highest BCUT2D eigenvalue weighted by atomic mass is 16.3. The van der Waals surface area contributed by atoms with Gasteiger partial charge in [0.1, 0.15) is 0 Å². The summed E-state index contributed by atoms with van der Waals surface area (Å²) in [7, 11) is 0. The van der Waals surface area contributed by atoms with Crippen LogP contribution in [-0.2, 0) is 6.42 Å². The van der Waals surface area contributed by atoms with Crippen LogP contribution < -0.4 is 0 Å². The molecule has 1 unspecified atom stereocenters. The van der Waals surface area contributed by atoms with Gasteiger partial charge in [-0.05, 0) is 48.8 Å². The minimum absolute atomic E-state index is 0.283. The van der Waals surface area contributed by atoms with Gasteiger partial charge in [0, 0.05) is 6.61 Å². The van der Waals surface area contributed by atoms with Crippen LogP contribution in [0.4, 0.5) is 0 Å². The Bertz CT molecular complexity index is 295. The molecular formula is C14H22O. The lowest BCUT2D eigenvalue weighted by molar-refractivity contribution is 0.189. The van der Waals surface area contributed by atoms with Gasteiger partial charge in [0.15, 0.2) is 0 Å². The molecule has 0 radical (unpaired) electrons. The van der Waals surface area contributed by atoms with Crippen LogP contribution in [0.3, 0.4) is 0 Å². The summed E-state index contributed by atoms with van der Waals surface area (Å²) in [5.41, 5.74) is 4.09. The molecule has 1 N–H and O–H groups in total. The molecular weight excluding hydrogens is 184 g/mol. The number of benzene rings is 1. The highest BCUT2D eigenvalue weighted by Gasteiger charge is 2.15. The van der Waals surface area contributed by atoms with Crippen LogP contribution in [0, 0.1) is 25.7 Å². The van der Waals surface area contributed by atoms with Crippen LogP contribution >= 0.6 is 0 Å². The summed E-state index contributed by atoms with van der Waals surface area (Å²) in [6, 6.07) is 6.39. The fraction of sp³-hybridized carbons (Fsp3) is 0.571. The van der Waals surface area contributed by atoms with E-state index in [2.05, 4.69) is 45.9 Å². The van der Waals surface area contributed by atoms with Crippen molar-refractivity contribution in [3.05, 3.63) is 34.9 Å². The summed E-state index contributed by atoms with van der Waals surface area (Å²) in [4.78, 5) is 0. The van der Waals surface area contributed by atoms with E-state index in [1.165, 1.54) is 16.7 Å². The molecule has 0 heterocycles. The van der Waals surface area contributed by atoms with Gasteiger partial charge in [-0.15, -0.1) is 0 Å². The maximum absolute atomic E-state index is 9.34. The Labute approximate surface area is 93.1 Å². The van der Waals surface area contributed by atoms with Gasteiger partial charge in [0.05, 0.1) is 0 Å². The molecule has 0 bridgehead atoms. The van der Waals surface area contributed by atoms with Crippen molar-refractivity contribution in [2.75, 3.05) is 6.61 Å². The van der Waals surface area contributed by atoms with Crippen molar-refractivity contribution < 1.29 is 5.11 Å². The standard InChI is InChI=1S/C14H22O/c1-10(2)13(9-15)8-14-11(3)6-5-7-12(14)4/h5-7,10,13,15H,8-9H2,1-4H3. The molecule has 1 rings (SSSR count). The third-order valence-electron chi connectivity index (χ3n) is 3.29. The lowest BCUT2D eigenvalue weighted by Gasteiger charge is -2.20. The number of hydrogen-bond donors (Lipinski definition) is 1. The molecule has 1 nitrogen and oxygen atoms in total. The quantitative estimate of drug-likeness (QED) is 0.802. The molecule has 15 heavy (non-hydrogen) atoms. The average Bonchev–Trinajstić information content (AvgIpc) is 2.17. The smallest absolute Gasteiger partial charge is 0.0464 e. The fourth-order valence-electron chi connectivity index (χ4n) is 1.94. The molecule has 84 valence electrons. The van der Waals surface area contributed by atoms with E-state index in [9.17, 15) is 5.11 Å². The van der Waals surface area contributed by atoms with Gasteiger partial charge in [-0.2, -0.15) is 0 Å². The normalized spacial score (nSPS) is 13.2. The monoisotopic (exact) mass is 206 g/mol. The Balaban J connectivity index is 2.87. The molecule has 1 aromatic rings. The molecule has 0 saturated heterocycles. The lowest BCUT2D eigenvalue weighted by atomic mass is 9.86. The molecule has 1 heteroatoms. The maximum atomic E-state index is 9.34. The Morgan fingerprint density at radius 1 is 1.13 bits per heavy atom. The Morgan fingerprint density at radius 3 is 2.07 bits per heavy atom. The predicted octanol–water partition coefficient (Wildman–Crippen LogP) is 3.11. The highest BCUT2D eigenvalue weighted by molar-refractivity contribution is 5.33. The summed E-state index contributed by atoms with van der Waals surface area (Å²) >= 11 is 0. The van der Waals surface area contributed by atoms with Crippen LogP contribution in [0.25, 0.3) is 0 Å². The van der Waals surface area contributed by atoms with Gasteiger partial charge in [-0.25, -0.2) is 0 Å². The predicted molar refractivity (Wildman–Crippen MR) is 65.0 cm³/mol. The summed E-state index contributed by atoms with van der Waals surface area (Å²) in [6.45, 7) is 8.93. The third-order valence-corrected chi connectivity index (χ3v) is 3.29. The first kappa shape index (κ1) is 12.3. The highest BCUT2D eigenvalue weighted by Crippen LogP contribution is 2.21. The summed E-state index contributed by atoms with van der Waals surface area (Å²) < 4.78 is 0. The molecule has 0 amide bonds. The second-order valence-electron chi connectivity index (χ2n) is 4.76. The number of aliphatic hydroxyl groups excluding tert-OH is 1. The first-order valence-electron chi connectivity index (χ1n) is 5.72. The maximum Gasteiger partial charge on any atom is 0.0464 e. The van der Waals surface area contributed by atoms with E-state index in [1.807, 2.05) is 0 Å². The van der Waals surface area contributed by atoms with Gasteiger partial charge >= 0.3 is 0 Å². The summed E-state index contributed by atoms with van der Waals surface area (Å²) in [6.07, 6.45) is 0.993. The van der Waals surface area contributed by atoms with Gasteiger partial charge in [0.2, 0.25) is 0 Å². The first-order chi connectivity index (χ1) is 7.06. The minimum Gasteiger partial charge on any atom is -0.396 e. The van der Waals surface area contributed by atoms with Crippen LogP contribution in [0.2, 0.25) is 0 Å². The lowest BCUT2D eigenvalue weighted by Crippen LogP contribution is -2.17. The van der Waals surface area contributed by atoms with Crippen LogP contribution in [0.1, 0.15) is 30.5 Å². The van der Waals surface area contributed by atoms with E-state index < -0.39 is 0 Å². The first-order valence-corrected chi connectivity index (χ1v) is 5.72. The molecule has 0 saturated carbocycles. The molecule has 0 aliphatic rings. The zero-order chi connectivity index (χ0) is 11.4. The number of aryl methyl sites for hydroxylation is 2. The van der Waals surface area contributed by atoms with Crippen LogP contribution in [-0.4, -0.2) is 11.7 Å². The topological polar surface area (TPSA) is 20.2 Å². The van der Waals surface area contributed by atoms with E-state index in [-0.39, 0.29) is 6.61 Å². The molecule has 0 aliphatic heterocycles. The fourth-order valence-corrected chi connectivity index (χ4v) is 1.94. The molecule has 0 fully saturated rings. The Kier molecular flexibility index (Phi) is 4.34. The van der Waals surface area contributed by atoms with E-state index >= 15 is 0 Å². The van der Waals surface area contributed by atoms with E-state index in [0.717, 1.165) is 6.42 Å². The van der Waals surface area contributed by atoms with Gasteiger partial charge in [-0.3, -0.25) is 0 Å². The van der Waals surface area contributed by atoms with Crippen molar-refractivity contribution in [3.63, 3.8) is 0 Å². The molecule has 0 spiro atoms. The molecule has 0 aromatic heterocycles. The van der Waals surface area contributed by atoms with Crippen molar-refractivity contribution in [2.45, 2.75) is 34.1 Å². The Morgan fingerprint density at radius 2 is 1.67 bits per heavy atom. The second-order valence-corrected chi connectivity index (χ2v) is 4.76. The minimum atomic E-state index is 0.283. The molecule has 1 atom stereocenters. The summed E-state index contributed by atoms with van der Waals surface area (Å²) in [5, 5.41) is 9.34. The van der Waals surface area contributed by atoms with Gasteiger partial charge in [-0.1, -0.05) is 32.0 Å². The number of hydrogen-bond acceptors (Lipinski definition) is 1. The number of aliphatic hydroxyl groups is 1. The van der Waals surface area contributed by atoms with Crippen molar-refractivity contribution in [2.24, 2.45) is 11.8 Å². The van der Waals surface area contributed by atoms with Crippen LogP contribution in [0.15, 0.2) is 18.2 Å². The third kappa shape index (κ3) is 3.07. The summed E-state index contributed by atoms with van der Waals surface area (Å²) in [5.74, 6) is 0.916. The van der Waals surface area contributed by atoms with Crippen molar-refractivity contribution >= 4 is 0 Å². The Hall–Kier alpha value is -0.820. The zero-order valence-corrected chi connectivity index (χ0v) is 10.2. The van der Waals surface area contributed by atoms with Crippen molar-refractivity contribution in [3.8, 4) is 0 Å². The SMILES string of the molecule is Cc1cccc(C)c1CC(CO)C(C)C. The largest absolute Gasteiger partial charge is 0.396 e. The molecule has 0 aliphatic carbocycles. The van der Waals surface area contributed by atoms with E-state index in [0.29, 0.717) is 11.8 Å². The second kappa shape index (κ2) is 5.32. The zero-order valence-electron chi connectivity index (χ0n) is 10.2. The van der Waals surface area contributed by atoms with Crippen molar-refractivity contribution in [1.29, 1.82) is 0 Å². The average molecular weight is 206 g/mol. The van der Waals surface area contributed by atoms with Crippen LogP contribution in [0.5, 0.6) is 0 Å². The van der Waals surface area contributed by atoms with Crippen molar-refractivity contribution in [1.82, 2.24) is 0 Å².